The van der Waals surface area contributed by atoms with Crippen molar-refractivity contribution < 1.29 is 9.13 Å². The normalized spacial score (nSPS) is 24.7. The van der Waals surface area contributed by atoms with Crippen molar-refractivity contribution in [1.29, 1.82) is 0 Å². The number of nitrogens with zero attached hydrogens (tertiary/aromatic N) is 2. The molecular formula is C17H23ClFN3O. The zero-order valence-electron chi connectivity index (χ0n) is 13.4. The minimum absolute atomic E-state index is 0.302. The molecule has 2 saturated heterocycles. The van der Waals surface area contributed by atoms with E-state index in [4.69, 9.17) is 16.3 Å². The Morgan fingerprint density at radius 1 is 1.48 bits per heavy atom. The number of nitrogens with one attached hydrogen (secondary N) is 1. The Labute approximate surface area is 141 Å². The highest BCUT2D eigenvalue weighted by Crippen LogP contribution is 2.38. The standard InChI is InChI=1S/C17H23ClFN3O/c1-20-16(22-8-5-17(11-22)6-9-23-12-17)21-7-4-13-2-3-14(19)10-15(13)18/h2-3,10H,4-9,11-12H2,1H3,(H,20,21). The van der Waals surface area contributed by atoms with E-state index >= 15 is 0 Å². The summed E-state index contributed by atoms with van der Waals surface area (Å²) in [6.45, 7) is 4.48. The Hall–Kier alpha value is -1.33. The van der Waals surface area contributed by atoms with Crippen molar-refractivity contribution in [2.24, 2.45) is 10.4 Å². The second-order valence-corrected chi connectivity index (χ2v) is 6.84. The van der Waals surface area contributed by atoms with Gasteiger partial charge in [0.15, 0.2) is 5.96 Å². The summed E-state index contributed by atoms with van der Waals surface area (Å²) in [5.41, 5.74) is 1.26. The molecule has 1 atom stereocenters. The maximum Gasteiger partial charge on any atom is 0.193 e. The number of hydrogen-bond acceptors (Lipinski definition) is 2. The van der Waals surface area contributed by atoms with E-state index in [2.05, 4.69) is 15.2 Å². The van der Waals surface area contributed by atoms with E-state index in [-0.39, 0.29) is 5.82 Å². The first-order valence-electron chi connectivity index (χ1n) is 8.09. The van der Waals surface area contributed by atoms with E-state index in [1.54, 1.807) is 6.07 Å². The third-order valence-corrected chi connectivity index (χ3v) is 5.18. The fourth-order valence-corrected chi connectivity index (χ4v) is 3.71. The third-order valence-electron chi connectivity index (χ3n) is 4.83. The number of benzene rings is 1. The molecule has 0 radical (unpaired) electrons. The largest absolute Gasteiger partial charge is 0.381 e. The molecule has 2 aliphatic rings. The zero-order chi connectivity index (χ0) is 16.3. The number of guanidine groups is 1. The predicted octanol–water partition coefficient (Wildman–Crippen LogP) is 2.71. The number of likely N-dealkylation sites (tertiary alicyclic amines) is 1. The van der Waals surface area contributed by atoms with Crippen LogP contribution in [-0.2, 0) is 11.2 Å². The molecule has 2 aliphatic heterocycles. The van der Waals surface area contributed by atoms with Crippen LogP contribution in [-0.4, -0.2) is 50.8 Å². The van der Waals surface area contributed by atoms with Crippen molar-refractivity contribution in [3.63, 3.8) is 0 Å². The summed E-state index contributed by atoms with van der Waals surface area (Å²) in [6.07, 6.45) is 3.05. The predicted molar refractivity (Wildman–Crippen MR) is 90.5 cm³/mol. The van der Waals surface area contributed by atoms with Crippen LogP contribution < -0.4 is 5.32 Å². The smallest absolute Gasteiger partial charge is 0.193 e. The molecular weight excluding hydrogens is 317 g/mol. The molecule has 1 aromatic carbocycles. The lowest BCUT2D eigenvalue weighted by molar-refractivity contribution is 0.156. The summed E-state index contributed by atoms with van der Waals surface area (Å²) < 4.78 is 18.6. The van der Waals surface area contributed by atoms with E-state index < -0.39 is 0 Å². The summed E-state index contributed by atoms with van der Waals surface area (Å²) in [6, 6.07) is 4.54. The second kappa shape index (κ2) is 7.05. The van der Waals surface area contributed by atoms with Crippen molar-refractivity contribution >= 4 is 17.6 Å². The Morgan fingerprint density at radius 2 is 2.35 bits per heavy atom. The van der Waals surface area contributed by atoms with E-state index in [9.17, 15) is 4.39 Å². The minimum atomic E-state index is -0.302. The van der Waals surface area contributed by atoms with Gasteiger partial charge in [0, 0.05) is 43.7 Å². The summed E-state index contributed by atoms with van der Waals surface area (Å²) in [4.78, 5) is 6.70. The number of ether oxygens (including phenoxy) is 1. The van der Waals surface area contributed by atoms with Crippen LogP contribution >= 0.6 is 11.6 Å². The average Bonchev–Trinajstić information content (AvgIpc) is 3.16. The molecule has 0 amide bonds. The molecule has 0 aromatic heterocycles. The first kappa shape index (κ1) is 16.5. The topological polar surface area (TPSA) is 36.9 Å². The Balaban J connectivity index is 1.52. The van der Waals surface area contributed by atoms with Crippen LogP contribution in [0.5, 0.6) is 0 Å². The summed E-state index contributed by atoms with van der Waals surface area (Å²) in [7, 11) is 1.81. The van der Waals surface area contributed by atoms with Crippen LogP contribution in [0.1, 0.15) is 18.4 Å². The molecule has 1 spiro atoms. The van der Waals surface area contributed by atoms with Crippen LogP contribution in [0.3, 0.4) is 0 Å². The molecule has 6 heteroatoms. The quantitative estimate of drug-likeness (QED) is 0.679. The average molecular weight is 340 g/mol. The molecule has 126 valence electrons. The molecule has 1 N–H and O–H groups in total. The van der Waals surface area contributed by atoms with Crippen molar-refractivity contribution in [3.8, 4) is 0 Å². The van der Waals surface area contributed by atoms with Crippen LogP contribution in [0.25, 0.3) is 0 Å². The molecule has 3 rings (SSSR count). The molecule has 1 aromatic rings. The molecule has 0 bridgehead atoms. The number of aliphatic imine (C=N–C) groups is 1. The van der Waals surface area contributed by atoms with E-state index in [0.29, 0.717) is 10.4 Å². The van der Waals surface area contributed by atoms with E-state index in [1.807, 2.05) is 7.05 Å². The van der Waals surface area contributed by atoms with Gasteiger partial charge in [-0.2, -0.15) is 0 Å². The molecule has 2 fully saturated rings. The second-order valence-electron chi connectivity index (χ2n) is 6.43. The van der Waals surface area contributed by atoms with Gasteiger partial charge < -0.3 is 15.0 Å². The summed E-state index contributed by atoms with van der Waals surface area (Å²) in [5.74, 6) is 0.621. The van der Waals surface area contributed by atoms with Gasteiger partial charge in [-0.25, -0.2) is 4.39 Å². The lowest BCUT2D eigenvalue weighted by Crippen LogP contribution is -2.42. The maximum atomic E-state index is 13.1. The van der Waals surface area contributed by atoms with Gasteiger partial charge >= 0.3 is 0 Å². The Kier molecular flexibility index (Phi) is 5.07. The van der Waals surface area contributed by atoms with Gasteiger partial charge in [0.05, 0.1) is 6.61 Å². The number of halogens is 2. The Bertz CT molecular complexity index is 587. The third kappa shape index (κ3) is 3.78. The highest BCUT2D eigenvalue weighted by Gasteiger charge is 2.42. The van der Waals surface area contributed by atoms with Gasteiger partial charge in [-0.15, -0.1) is 0 Å². The van der Waals surface area contributed by atoms with Gasteiger partial charge in [0.25, 0.3) is 0 Å². The lowest BCUT2D eigenvalue weighted by atomic mass is 9.87. The first-order valence-corrected chi connectivity index (χ1v) is 8.47. The summed E-state index contributed by atoms with van der Waals surface area (Å²) >= 11 is 6.07. The highest BCUT2D eigenvalue weighted by molar-refractivity contribution is 6.31. The number of rotatable bonds is 3. The molecule has 23 heavy (non-hydrogen) atoms. The highest BCUT2D eigenvalue weighted by atomic mass is 35.5. The maximum absolute atomic E-state index is 13.1. The van der Waals surface area contributed by atoms with Gasteiger partial charge in [-0.3, -0.25) is 4.99 Å². The first-order chi connectivity index (χ1) is 11.1. The van der Waals surface area contributed by atoms with E-state index in [0.717, 1.165) is 63.6 Å². The van der Waals surface area contributed by atoms with Crippen LogP contribution in [0.15, 0.2) is 23.2 Å². The van der Waals surface area contributed by atoms with Crippen LogP contribution in [0.4, 0.5) is 4.39 Å². The van der Waals surface area contributed by atoms with Crippen molar-refractivity contribution in [3.05, 3.63) is 34.6 Å². The van der Waals surface area contributed by atoms with Crippen LogP contribution in [0, 0.1) is 11.2 Å². The van der Waals surface area contributed by atoms with Crippen molar-refractivity contribution in [2.75, 3.05) is 39.9 Å². The molecule has 0 aliphatic carbocycles. The van der Waals surface area contributed by atoms with Gasteiger partial charge in [0.1, 0.15) is 5.82 Å². The SMILES string of the molecule is CN=C(NCCc1ccc(F)cc1Cl)N1CCC2(CCOC2)C1. The van der Waals surface area contributed by atoms with Gasteiger partial charge in [-0.1, -0.05) is 17.7 Å². The summed E-state index contributed by atoms with van der Waals surface area (Å²) in [5, 5.41) is 3.87. The fraction of sp³-hybridized carbons (Fsp3) is 0.588. The van der Waals surface area contributed by atoms with E-state index in [1.165, 1.54) is 12.1 Å². The lowest BCUT2D eigenvalue weighted by Gasteiger charge is -2.25. The molecule has 2 heterocycles. The molecule has 1 unspecified atom stereocenters. The monoisotopic (exact) mass is 339 g/mol. The fourth-order valence-electron chi connectivity index (χ4n) is 3.45. The van der Waals surface area contributed by atoms with Crippen molar-refractivity contribution in [1.82, 2.24) is 10.2 Å². The number of hydrogen-bond donors (Lipinski definition) is 1. The van der Waals surface area contributed by atoms with Gasteiger partial charge in [0.2, 0.25) is 0 Å². The molecule has 0 saturated carbocycles. The van der Waals surface area contributed by atoms with Crippen molar-refractivity contribution in [2.45, 2.75) is 19.3 Å². The molecule has 4 nitrogen and oxygen atoms in total. The zero-order valence-corrected chi connectivity index (χ0v) is 14.2. The minimum Gasteiger partial charge on any atom is -0.381 e. The Morgan fingerprint density at radius 3 is 3.04 bits per heavy atom. The van der Waals surface area contributed by atoms with Gasteiger partial charge in [-0.05, 0) is 37.0 Å². The van der Waals surface area contributed by atoms with Crippen LogP contribution in [0.2, 0.25) is 5.02 Å².